The molecule has 0 spiro atoms. The highest BCUT2D eigenvalue weighted by Gasteiger charge is 2.07. The van der Waals surface area contributed by atoms with Gasteiger partial charge in [0.05, 0.1) is 15.7 Å². The Kier molecular flexibility index (Phi) is 4.88. The summed E-state index contributed by atoms with van der Waals surface area (Å²) in [7, 11) is 0. The molecule has 110 valence electrons. The zero-order valence-corrected chi connectivity index (χ0v) is 12.2. The van der Waals surface area contributed by atoms with Crippen molar-refractivity contribution in [1.29, 1.82) is 0 Å². The Balaban J connectivity index is 1.92. The number of hydrogen-bond donors (Lipinski definition) is 2. The van der Waals surface area contributed by atoms with E-state index in [4.69, 9.17) is 33.7 Å². The Morgan fingerprint density at radius 1 is 1.19 bits per heavy atom. The summed E-state index contributed by atoms with van der Waals surface area (Å²) in [5.74, 6) is -0.644. The highest BCUT2D eigenvalue weighted by Crippen LogP contribution is 2.23. The van der Waals surface area contributed by atoms with E-state index >= 15 is 0 Å². The summed E-state index contributed by atoms with van der Waals surface area (Å²) in [6.45, 7) is -0.246. The topological polar surface area (TPSA) is 64.3 Å². The molecular formula is C14H11Cl2FN2O2. The van der Waals surface area contributed by atoms with Crippen LogP contribution in [0.2, 0.25) is 10.0 Å². The average Bonchev–Trinajstić information content (AvgIpc) is 2.44. The van der Waals surface area contributed by atoms with E-state index in [-0.39, 0.29) is 11.6 Å². The van der Waals surface area contributed by atoms with Crippen LogP contribution in [0.1, 0.15) is 0 Å². The lowest BCUT2D eigenvalue weighted by Crippen LogP contribution is -2.20. The maximum Gasteiger partial charge on any atom is 0.262 e. The highest BCUT2D eigenvalue weighted by atomic mass is 35.5. The number of halogens is 3. The number of carbonyl (C=O) groups excluding carboxylic acids is 1. The molecule has 21 heavy (non-hydrogen) atoms. The number of nitrogen functional groups attached to an aromatic ring is 1. The van der Waals surface area contributed by atoms with Gasteiger partial charge in [0, 0.05) is 11.8 Å². The second-order valence-electron chi connectivity index (χ2n) is 4.15. The quantitative estimate of drug-likeness (QED) is 0.840. The van der Waals surface area contributed by atoms with Crippen LogP contribution in [0.4, 0.5) is 15.8 Å². The summed E-state index contributed by atoms with van der Waals surface area (Å²) in [6, 6.07) is 8.57. The zero-order chi connectivity index (χ0) is 15.4. The number of ether oxygens (including phenoxy) is 1. The Labute approximate surface area is 130 Å². The van der Waals surface area contributed by atoms with E-state index in [2.05, 4.69) is 5.32 Å². The molecule has 0 saturated carbocycles. The Morgan fingerprint density at radius 3 is 2.62 bits per heavy atom. The third-order valence-electron chi connectivity index (χ3n) is 2.54. The van der Waals surface area contributed by atoms with E-state index in [1.165, 1.54) is 18.2 Å². The van der Waals surface area contributed by atoms with Crippen molar-refractivity contribution in [3.05, 3.63) is 52.3 Å². The maximum atomic E-state index is 13.0. The molecule has 2 rings (SSSR count). The van der Waals surface area contributed by atoms with Gasteiger partial charge in [0.1, 0.15) is 11.6 Å². The van der Waals surface area contributed by atoms with Crippen LogP contribution in [0.3, 0.4) is 0 Å². The van der Waals surface area contributed by atoms with Crippen molar-refractivity contribution in [2.45, 2.75) is 0 Å². The number of nitrogens with one attached hydrogen (secondary N) is 1. The molecule has 0 atom stereocenters. The summed E-state index contributed by atoms with van der Waals surface area (Å²) in [6.07, 6.45) is 0. The first-order valence-corrected chi connectivity index (χ1v) is 6.64. The van der Waals surface area contributed by atoms with Gasteiger partial charge >= 0.3 is 0 Å². The van der Waals surface area contributed by atoms with Gasteiger partial charge in [0.25, 0.3) is 5.91 Å². The Bertz CT molecular complexity index is 680. The lowest BCUT2D eigenvalue weighted by atomic mass is 10.3. The third-order valence-corrected chi connectivity index (χ3v) is 3.17. The number of hydrogen-bond acceptors (Lipinski definition) is 3. The SMILES string of the molecule is Nc1cc(NC(=O)COc2ccc(F)c(Cl)c2)ccc1Cl. The number of amides is 1. The van der Waals surface area contributed by atoms with Crippen molar-refractivity contribution in [3.8, 4) is 5.75 Å². The van der Waals surface area contributed by atoms with Gasteiger partial charge in [-0.2, -0.15) is 0 Å². The van der Waals surface area contributed by atoms with Gasteiger partial charge in [0.15, 0.2) is 6.61 Å². The number of carbonyl (C=O) groups is 1. The molecule has 0 fully saturated rings. The summed E-state index contributed by atoms with van der Waals surface area (Å²) in [4.78, 5) is 11.7. The van der Waals surface area contributed by atoms with Gasteiger partial charge in [-0.15, -0.1) is 0 Å². The molecule has 0 radical (unpaired) electrons. The molecule has 0 heterocycles. The van der Waals surface area contributed by atoms with Crippen LogP contribution in [0.5, 0.6) is 5.75 Å². The van der Waals surface area contributed by atoms with Crippen LogP contribution in [0.25, 0.3) is 0 Å². The number of anilines is 2. The van der Waals surface area contributed by atoms with Crippen LogP contribution in [-0.4, -0.2) is 12.5 Å². The molecule has 3 N–H and O–H groups in total. The Morgan fingerprint density at radius 2 is 1.95 bits per heavy atom. The van der Waals surface area contributed by atoms with E-state index in [9.17, 15) is 9.18 Å². The van der Waals surface area contributed by atoms with Gasteiger partial charge in [-0.3, -0.25) is 4.79 Å². The fourth-order valence-electron chi connectivity index (χ4n) is 1.53. The van der Waals surface area contributed by atoms with Crippen molar-refractivity contribution in [1.82, 2.24) is 0 Å². The molecule has 0 aliphatic rings. The molecular weight excluding hydrogens is 318 g/mol. The smallest absolute Gasteiger partial charge is 0.262 e. The zero-order valence-electron chi connectivity index (χ0n) is 10.7. The van der Waals surface area contributed by atoms with Crippen molar-refractivity contribution in [2.75, 3.05) is 17.7 Å². The lowest BCUT2D eigenvalue weighted by Gasteiger charge is -2.09. The molecule has 2 aromatic rings. The Hall–Kier alpha value is -1.98. The van der Waals surface area contributed by atoms with Crippen LogP contribution in [-0.2, 0) is 4.79 Å². The minimum Gasteiger partial charge on any atom is -0.484 e. The number of benzene rings is 2. The maximum absolute atomic E-state index is 13.0. The molecule has 0 bridgehead atoms. The first kappa shape index (κ1) is 15.4. The molecule has 0 aromatic heterocycles. The van der Waals surface area contributed by atoms with Gasteiger partial charge in [0.2, 0.25) is 0 Å². The molecule has 4 nitrogen and oxygen atoms in total. The van der Waals surface area contributed by atoms with Crippen molar-refractivity contribution < 1.29 is 13.9 Å². The lowest BCUT2D eigenvalue weighted by molar-refractivity contribution is -0.118. The first-order valence-electron chi connectivity index (χ1n) is 5.88. The molecule has 0 aliphatic heterocycles. The third kappa shape index (κ3) is 4.24. The van der Waals surface area contributed by atoms with Gasteiger partial charge in [-0.1, -0.05) is 23.2 Å². The van der Waals surface area contributed by atoms with Crippen LogP contribution < -0.4 is 15.8 Å². The van der Waals surface area contributed by atoms with E-state index < -0.39 is 11.7 Å². The second kappa shape index (κ2) is 6.65. The van der Waals surface area contributed by atoms with Gasteiger partial charge in [-0.05, 0) is 30.3 Å². The van der Waals surface area contributed by atoms with Crippen molar-refractivity contribution >= 4 is 40.5 Å². The monoisotopic (exact) mass is 328 g/mol. The molecule has 0 unspecified atom stereocenters. The van der Waals surface area contributed by atoms with E-state index in [1.807, 2.05) is 0 Å². The van der Waals surface area contributed by atoms with Crippen molar-refractivity contribution in [2.24, 2.45) is 0 Å². The normalized spacial score (nSPS) is 10.2. The molecule has 0 aliphatic carbocycles. The van der Waals surface area contributed by atoms with Crippen LogP contribution in [0.15, 0.2) is 36.4 Å². The largest absolute Gasteiger partial charge is 0.484 e. The van der Waals surface area contributed by atoms with Gasteiger partial charge < -0.3 is 15.8 Å². The molecule has 7 heteroatoms. The van der Waals surface area contributed by atoms with Gasteiger partial charge in [-0.25, -0.2) is 4.39 Å². The minimum absolute atomic E-state index is 0.0709. The van der Waals surface area contributed by atoms with E-state index in [0.29, 0.717) is 22.1 Å². The number of nitrogens with two attached hydrogens (primary N) is 1. The molecule has 2 aromatic carbocycles. The summed E-state index contributed by atoms with van der Waals surface area (Å²) in [5.41, 5.74) is 6.49. The summed E-state index contributed by atoms with van der Waals surface area (Å²) < 4.78 is 18.2. The van der Waals surface area contributed by atoms with Crippen LogP contribution >= 0.6 is 23.2 Å². The fourth-order valence-corrected chi connectivity index (χ4v) is 1.82. The summed E-state index contributed by atoms with van der Waals surface area (Å²) >= 11 is 11.4. The predicted molar refractivity (Wildman–Crippen MR) is 81.4 cm³/mol. The molecule has 0 saturated heterocycles. The van der Waals surface area contributed by atoms with Crippen LogP contribution in [0, 0.1) is 5.82 Å². The highest BCUT2D eigenvalue weighted by molar-refractivity contribution is 6.33. The van der Waals surface area contributed by atoms with E-state index in [0.717, 1.165) is 6.07 Å². The second-order valence-corrected chi connectivity index (χ2v) is 4.96. The van der Waals surface area contributed by atoms with Crippen molar-refractivity contribution in [3.63, 3.8) is 0 Å². The average molecular weight is 329 g/mol. The first-order chi connectivity index (χ1) is 9.95. The molecule has 1 amide bonds. The summed E-state index contributed by atoms with van der Waals surface area (Å²) in [5, 5.41) is 2.93. The minimum atomic E-state index is -0.551. The number of rotatable bonds is 4. The standard InChI is InChI=1S/C14H11Cl2FN2O2/c15-10-3-1-8(5-13(10)18)19-14(20)7-21-9-2-4-12(17)11(16)6-9/h1-6H,7,18H2,(H,19,20). The van der Waals surface area contributed by atoms with E-state index in [1.54, 1.807) is 12.1 Å². The predicted octanol–water partition coefficient (Wildman–Crippen LogP) is 3.73. The fraction of sp³-hybridized carbons (Fsp3) is 0.0714.